The Hall–Kier alpha value is -1.55. The van der Waals surface area contributed by atoms with Gasteiger partial charge in [0.2, 0.25) is 5.91 Å². The van der Waals surface area contributed by atoms with Crippen LogP contribution in [-0.2, 0) is 4.79 Å². The van der Waals surface area contributed by atoms with Gasteiger partial charge in [-0.2, -0.15) is 0 Å². The van der Waals surface area contributed by atoms with E-state index in [-0.39, 0.29) is 5.91 Å². The number of rotatable bonds is 3. The summed E-state index contributed by atoms with van der Waals surface area (Å²) in [4.78, 5) is 14.0. The molecule has 4 nitrogen and oxygen atoms in total. The first-order chi connectivity index (χ1) is 8.03. The number of anilines is 2. The monoisotopic (exact) mass is 233 g/mol. The number of hydrogen-bond donors (Lipinski definition) is 2. The van der Waals surface area contributed by atoms with E-state index in [1.165, 1.54) is 0 Å². The summed E-state index contributed by atoms with van der Waals surface area (Å²) in [6, 6.07) is 7.73. The second kappa shape index (κ2) is 4.37. The Morgan fingerprint density at radius 3 is 2.53 bits per heavy atom. The fraction of sp³-hybridized carbons (Fsp3) is 0.462. The average Bonchev–Trinajstić information content (AvgIpc) is 2.26. The summed E-state index contributed by atoms with van der Waals surface area (Å²) in [5, 5.41) is 2.93. The van der Waals surface area contributed by atoms with E-state index >= 15 is 0 Å². The minimum Gasteiger partial charge on any atom is -0.376 e. The largest absolute Gasteiger partial charge is 0.376 e. The van der Waals surface area contributed by atoms with Gasteiger partial charge in [-0.05, 0) is 31.4 Å². The molecule has 0 aromatic heterocycles. The van der Waals surface area contributed by atoms with Crippen molar-refractivity contribution < 1.29 is 4.79 Å². The van der Waals surface area contributed by atoms with Gasteiger partial charge in [-0.3, -0.25) is 4.79 Å². The van der Waals surface area contributed by atoms with E-state index in [9.17, 15) is 4.79 Å². The smallest absolute Gasteiger partial charge is 0.244 e. The molecule has 0 aliphatic heterocycles. The molecule has 1 aliphatic rings. The fourth-order valence-corrected chi connectivity index (χ4v) is 2.00. The zero-order valence-electron chi connectivity index (χ0n) is 10.4. The zero-order valence-corrected chi connectivity index (χ0v) is 10.4. The highest BCUT2D eigenvalue weighted by molar-refractivity contribution is 6.00. The van der Waals surface area contributed by atoms with E-state index in [0.29, 0.717) is 0 Å². The lowest BCUT2D eigenvalue weighted by molar-refractivity contribution is -0.123. The molecule has 1 saturated carbocycles. The standard InChI is InChI=1S/C13H19N3O/c1-16(2)11-7-4-3-6-10(11)15-12(17)13(14)8-5-9-13/h3-4,6-7H,5,8-9,14H2,1-2H3,(H,15,17). The van der Waals surface area contributed by atoms with Crippen molar-refractivity contribution in [3.05, 3.63) is 24.3 Å². The van der Waals surface area contributed by atoms with Crippen LogP contribution in [0, 0.1) is 0 Å². The Labute approximate surface area is 102 Å². The van der Waals surface area contributed by atoms with Gasteiger partial charge in [-0.1, -0.05) is 12.1 Å². The maximum atomic E-state index is 12.0. The zero-order chi connectivity index (χ0) is 12.5. The Bertz CT molecular complexity index is 424. The maximum absolute atomic E-state index is 12.0. The molecule has 0 spiro atoms. The van der Waals surface area contributed by atoms with Gasteiger partial charge in [-0.15, -0.1) is 0 Å². The highest BCUT2D eigenvalue weighted by Gasteiger charge is 2.40. The Kier molecular flexibility index (Phi) is 3.07. The SMILES string of the molecule is CN(C)c1ccccc1NC(=O)C1(N)CCC1. The number of benzene rings is 1. The summed E-state index contributed by atoms with van der Waals surface area (Å²) in [6.45, 7) is 0. The molecule has 1 fully saturated rings. The summed E-state index contributed by atoms with van der Waals surface area (Å²) >= 11 is 0. The third-order valence-corrected chi connectivity index (χ3v) is 3.33. The third-order valence-electron chi connectivity index (χ3n) is 3.33. The van der Waals surface area contributed by atoms with Crippen molar-refractivity contribution in [2.24, 2.45) is 5.73 Å². The molecule has 1 amide bonds. The molecule has 0 radical (unpaired) electrons. The van der Waals surface area contributed by atoms with Crippen LogP contribution >= 0.6 is 0 Å². The van der Waals surface area contributed by atoms with Crippen molar-refractivity contribution in [2.45, 2.75) is 24.8 Å². The summed E-state index contributed by atoms with van der Waals surface area (Å²) in [5.74, 6) is -0.0712. The number of para-hydroxylation sites is 2. The molecular formula is C13H19N3O. The van der Waals surface area contributed by atoms with E-state index in [1.54, 1.807) is 0 Å². The van der Waals surface area contributed by atoms with Crippen molar-refractivity contribution in [2.75, 3.05) is 24.3 Å². The normalized spacial score (nSPS) is 17.1. The van der Waals surface area contributed by atoms with Crippen LogP contribution in [0.15, 0.2) is 24.3 Å². The lowest BCUT2D eigenvalue weighted by atomic mass is 9.77. The molecule has 0 unspecified atom stereocenters. The average molecular weight is 233 g/mol. The Morgan fingerprint density at radius 1 is 1.35 bits per heavy atom. The minimum atomic E-state index is -0.653. The molecule has 2 rings (SSSR count). The number of nitrogens with one attached hydrogen (secondary N) is 1. The first kappa shape index (κ1) is 11.9. The molecule has 17 heavy (non-hydrogen) atoms. The number of carbonyl (C=O) groups excluding carboxylic acids is 1. The first-order valence-electron chi connectivity index (χ1n) is 5.90. The number of amides is 1. The van der Waals surface area contributed by atoms with E-state index in [4.69, 9.17) is 5.73 Å². The quantitative estimate of drug-likeness (QED) is 0.833. The minimum absolute atomic E-state index is 0.0712. The van der Waals surface area contributed by atoms with Crippen LogP contribution < -0.4 is 16.0 Å². The summed E-state index contributed by atoms with van der Waals surface area (Å²) in [6.07, 6.45) is 2.60. The molecule has 0 bridgehead atoms. The van der Waals surface area contributed by atoms with Gasteiger partial charge in [0.1, 0.15) is 0 Å². The van der Waals surface area contributed by atoms with Crippen molar-refractivity contribution in [3.63, 3.8) is 0 Å². The van der Waals surface area contributed by atoms with Gasteiger partial charge in [0.15, 0.2) is 0 Å². The van der Waals surface area contributed by atoms with Crippen LogP contribution in [0.1, 0.15) is 19.3 Å². The predicted molar refractivity (Wildman–Crippen MR) is 70.2 cm³/mol. The fourth-order valence-electron chi connectivity index (χ4n) is 2.00. The Morgan fingerprint density at radius 2 is 2.00 bits per heavy atom. The van der Waals surface area contributed by atoms with Crippen LogP contribution in [0.3, 0.4) is 0 Å². The number of nitrogens with zero attached hydrogens (tertiary/aromatic N) is 1. The lowest BCUT2D eigenvalue weighted by Gasteiger charge is -2.36. The van der Waals surface area contributed by atoms with E-state index in [1.807, 2.05) is 43.3 Å². The van der Waals surface area contributed by atoms with Gasteiger partial charge in [-0.25, -0.2) is 0 Å². The van der Waals surface area contributed by atoms with Gasteiger partial charge in [0.05, 0.1) is 16.9 Å². The molecule has 0 heterocycles. The van der Waals surface area contributed by atoms with Gasteiger partial charge < -0.3 is 16.0 Å². The summed E-state index contributed by atoms with van der Waals surface area (Å²) in [7, 11) is 3.90. The predicted octanol–water partition coefficient (Wildman–Crippen LogP) is 1.57. The topological polar surface area (TPSA) is 58.4 Å². The van der Waals surface area contributed by atoms with E-state index in [0.717, 1.165) is 30.6 Å². The van der Waals surface area contributed by atoms with Crippen molar-refractivity contribution >= 4 is 17.3 Å². The van der Waals surface area contributed by atoms with Gasteiger partial charge >= 0.3 is 0 Å². The van der Waals surface area contributed by atoms with E-state index < -0.39 is 5.54 Å². The molecule has 92 valence electrons. The molecule has 0 saturated heterocycles. The number of hydrogen-bond acceptors (Lipinski definition) is 3. The number of nitrogens with two attached hydrogens (primary N) is 1. The summed E-state index contributed by atoms with van der Waals surface area (Å²) in [5.41, 5.74) is 7.15. The maximum Gasteiger partial charge on any atom is 0.244 e. The molecule has 1 aliphatic carbocycles. The lowest BCUT2D eigenvalue weighted by Crippen LogP contribution is -2.56. The number of carbonyl (C=O) groups is 1. The van der Waals surface area contributed by atoms with Crippen molar-refractivity contribution in [1.82, 2.24) is 0 Å². The molecular weight excluding hydrogens is 214 g/mol. The van der Waals surface area contributed by atoms with Crippen LogP contribution in [0.4, 0.5) is 11.4 Å². The highest BCUT2D eigenvalue weighted by Crippen LogP contribution is 2.31. The molecule has 1 aromatic carbocycles. The molecule has 3 N–H and O–H groups in total. The van der Waals surface area contributed by atoms with Crippen LogP contribution in [-0.4, -0.2) is 25.5 Å². The van der Waals surface area contributed by atoms with Crippen LogP contribution in [0.2, 0.25) is 0 Å². The Balaban J connectivity index is 2.16. The summed E-state index contributed by atoms with van der Waals surface area (Å²) < 4.78 is 0. The van der Waals surface area contributed by atoms with Gasteiger partial charge in [0.25, 0.3) is 0 Å². The molecule has 1 aromatic rings. The van der Waals surface area contributed by atoms with E-state index in [2.05, 4.69) is 5.32 Å². The highest BCUT2D eigenvalue weighted by atomic mass is 16.2. The van der Waals surface area contributed by atoms with Crippen LogP contribution in [0.5, 0.6) is 0 Å². The van der Waals surface area contributed by atoms with Crippen LogP contribution in [0.25, 0.3) is 0 Å². The first-order valence-corrected chi connectivity index (χ1v) is 5.90. The second-order valence-electron chi connectivity index (χ2n) is 4.88. The molecule has 4 heteroatoms. The third kappa shape index (κ3) is 2.26. The molecule has 0 atom stereocenters. The van der Waals surface area contributed by atoms with Gasteiger partial charge in [0, 0.05) is 14.1 Å². The van der Waals surface area contributed by atoms with Crippen molar-refractivity contribution in [1.29, 1.82) is 0 Å². The van der Waals surface area contributed by atoms with Crippen molar-refractivity contribution in [3.8, 4) is 0 Å². The second-order valence-corrected chi connectivity index (χ2v) is 4.88.